The number of hydrogen-bond acceptors (Lipinski definition) is 7. The Balaban J connectivity index is 1.94. The number of rotatable bonds is 9. The van der Waals surface area contributed by atoms with Crippen LogP contribution in [0.25, 0.3) is 11.4 Å². The molecule has 1 aromatic carbocycles. The van der Waals surface area contributed by atoms with Crippen LogP contribution >= 0.6 is 0 Å². The van der Waals surface area contributed by atoms with E-state index in [0.717, 1.165) is 22.5 Å². The number of carbonyl (C=O) groups excluding carboxylic acids is 1. The molecule has 3 rings (SSSR count). The number of pyridine rings is 1. The lowest BCUT2D eigenvalue weighted by Crippen LogP contribution is -2.44. The SMILES string of the molecule is CCOC(=O)C[C@H](O)C[C@H](O)/C=C/N1C(c2ccncc2)=C(c2ccc(F)cc2)NC1C(C)(C)C. The van der Waals surface area contributed by atoms with Crippen molar-refractivity contribution in [3.63, 3.8) is 0 Å². The van der Waals surface area contributed by atoms with Gasteiger partial charge in [-0.25, -0.2) is 4.39 Å². The largest absolute Gasteiger partial charge is 0.466 e. The second-order valence-corrected chi connectivity index (χ2v) is 9.59. The normalized spacial score (nSPS) is 18.0. The summed E-state index contributed by atoms with van der Waals surface area (Å²) in [5.41, 5.74) is 3.19. The molecule has 0 saturated carbocycles. The summed E-state index contributed by atoms with van der Waals surface area (Å²) in [5, 5.41) is 24.3. The van der Waals surface area contributed by atoms with Gasteiger partial charge in [0.2, 0.25) is 0 Å². The Hall–Kier alpha value is -3.23. The third kappa shape index (κ3) is 6.90. The minimum absolute atomic E-state index is 0.00408. The Morgan fingerprint density at radius 2 is 1.83 bits per heavy atom. The number of aliphatic hydroxyl groups is 2. The van der Waals surface area contributed by atoms with Crippen LogP contribution in [0, 0.1) is 11.2 Å². The highest BCUT2D eigenvalue weighted by molar-refractivity contribution is 5.91. The van der Waals surface area contributed by atoms with Crippen LogP contribution in [0.2, 0.25) is 0 Å². The topological polar surface area (TPSA) is 94.9 Å². The lowest BCUT2D eigenvalue weighted by Gasteiger charge is -2.36. The van der Waals surface area contributed by atoms with E-state index in [1.165, 1.54) is 12.1 Å². The van der Waals surface area contributed by atoms with Gasteiger partial charge in [0.15, 0.2) is 0 Å². The lowest BCUT2D eigenvalue weighted by atomic mass is 9.91. The molecule has 188 valence electrons. The Kier molecular flexibility index (Phi) is 8.64. The fourth-order valence-corrected chi connectivity index (χ4v) is 4.01. The van der Waals surface area contributed by atoms with E-state index in [0.29, 0.717) is 0 Å². The molecule has 1 aliphatic heterocycles. The number of hydrogen-bond donors (Lipinski definition) is 3. The highest BCUT2D eigenvalue weighted by Crippen LogP contribution is 2.40. The van der Waals surface area contributed by atoms with Crippen LogP contribution in [0.15, 0.2) is 61.1 Å². The fourth-order valence-electron chi connectivity index (χ4n) is 4.01. The van der Waals surface area contributed by atoms with Crippen molar-refractivity contribution in [3.8, 4) is 0 Å². The first-order chi connectivity index (χ1) is 16.6. The molecule has 8 heteroatoms. The zero-order valence-electron chi connectivity index (χ0n) is 20.6. The molecule has 0 bridgehead atoms. The molecular weight excluding hydrogens is 449 g/mol. The Bertz CT molecular complexity index is 1050. The predicted molar refractivity (Wildman–Crippen MR) is 133 cm³/mol. The fraction of sp³-hybridized carbons (Fsp3) is 0.407. The predicted octanol–water partition coefficient (Wildman–Crippen LogP) is 3.90. The first kappa shape index (κ1) is 26.4. The number of esters is 1. The number of halogens is 1. The summed E-state index contributed by atoms with van der Waals surface area (Å²) in [5.74, 6) is -0.814. The van der Waals surface area contributed by atoms with Crippen molar-refractivity contribution in [1.29, 1.82) is 0 Å². The lowest BCUT2D eigenvalue weighted by molar-refractivity contribution is -0.145. The van der Waals surface area contributed by atoms with E-state index in [1.54, 1.807) is 43.7 Å². The monoisotopic (exact) mass is 483 g/mol. The molecule has 1 unspecified atom stereocenters. The minimum atomic E-state index is -1.02. The number of nitrogens with zero attached hydrogens (tertiary/aromatic N) is 2. The molecule has 0 aliphatic carbocycles. The standard InChI is InChI=1S/C27H34FN3O4/c1-5-35-23(34)17-22(33)16-21(32)12-15-31-25(19-10-13-29-14-11-19)24(30-26(31)27(2,3)4)18-6-8-20(28)9-7-18/h6-15,21-22,26,30,32-33H,5,16-17H2,1-4H3/b15-12+/t21-,22-,26?/m1/s1. The highest BCUT2D eigenvalue weighted by Gasteiger charge is 2.38. The molecule has 3 N–H and O–H groups in total. The number of nitrogens with one attached hydrogen (secondary N) is 1. The minimum Gasteiger partial charge on any atom is -0.466 e. The molecule has 3 atom stereocenters. The maximum absolute atomic E-state index is 13.6. The van der Waals surface area contributed by atoms with E-state index in [1.807, 2.05) is 17.0 Å². The molecule has 0 saturated heterocycles. The molecular formula is C27H34FN3O4. The van der Waals surface area contributed by atoms with E-state index < -0.39 is 18.2 Å². The van der Waals surface area contributed by atoms with Gasteiger partial charge in [-0.05, 0) is 49.4 Å². The van der Waals surface area contributed by atoms with Gasteiger partial charge in [-0.3, -0.25) is 9.78 Å². The van der Waals surface area contributed by atoms with Gasteiger partial charge in [-0.1, -0.05) is 20.8 Å². The molecule has 7 nitrogen and oxygen atoms in total. The molecule has 0 spiro atoms. The molecule has 1 aliphatic rings. The van der Waals surface area contributed by atoms with E-state index in [2.05, 4.69) is 31.1 Å². The summed E-state index contributed by atoms with van der Waals surface area (Å²) in [6.07, 6.45) is 4.44. The van der Waals surface area contributed by atoms with Gasteiger partial charge in [-0.2, -0.15) is 0 Å². The van der Waals surface area contributed by atoms with Crippen LogP contribution in [-0.4, -0.2) is 51.0 Å². The van der Waals surface area contributed by atoms with Crippen molar-refractivity contribution in [2.75, 3.05) is 6.61 Å². The molecule has 2 aromatic rings. The summed E-state index contributed by atoms with van der Waals surface area (Å²) in [4.78, 5) is 17.8. The third-order valence-electron chi connectivity index (χ3n) is 5.65. The average Bonchev–Trinajstić information content (AvgIpc) is 3.19. The van der Waals surface area contributed by atoms with Crippen molar-refractivity contribution >= 4 is 17.4 Å². The first-order valence-electron chi connectivity index (χ1n) is 11.8. The average molecular weight is 484 g/mol. The van der Waals surface area contributed by atoms with Crippen LogP contribution in [0.1, 0.15) is 51.7 Å². The zero-order chi connectivity index (χ0) is 25.6. The summed E-state index contributed by atoms with van der Waals surface area (Å²) >= 11 is 0. The summed E-state index contributed by atoms with van der Waals surface area (Å²) in [6, 6.07) is 10.1. The second kappa shape index (κ2) is 11.5. The van der Waals surface area contributed by atoms with Crippen molar-refractivity contribution in [2.45, 2.75) is 58.9 Å². The molecule has 0 amide bonds. The van der Waals surface area contributed by atoms with Crippen molar-refractivity contribution in [2.24, 2.45) is 5.41 Å². The third-order valence-corrected chi connectivity index (χ3v) is 5.65. The summed E-state index contributed by atoms with van der Waals surface area (Å²) in [6.45, 7) is 8.24. The van der Waals surface area contributed by atoms with E-state index in [-0.39, 0.29) is 36.8 Å². The van der Waals surface area contributed by atoms with Gasteiger partial charge in [-0.15, -0.1) is 0 Å². The first-order valence-corrected chi connectivity index (χ1v) is 11.8. The van der Waals surface area contributed by atoms with Crippen LogP contribution in [0.4, 0.5) is 4.39 Å². The van der Waals surface area contributed by atoms with Crippen LogP contribution in [-0.2, 0) is 9.53 Å². The molecule has 35 heavy (non-hydrogen) atoms. The van der Waals surface area contributed by atoms with Crippen LogP contribution in [0.5, 0.6) is 0 Å². The summed E-state index contributed by atoms with van der Waals surface area (Å²) in [7, 11) is 0. The van der Waals surface area contributed by atoms with E-state index in [9.17, 15) is 19.4 Å². The Morgan fingerprint density at radius 3 is 2.43 bits per heavy atom. The maximum atomic E-state index is 13.6. The second-order valence-electron chi connectivity index (χ2n) is 9.59. The number of aromatic nitrogens is 1. The van der Waals surface area contributed by atoms with E-state index >= 15 is 0 Å². The Labute approximate surface area is 206 Å². The maximum Gasteiger partial charge on any atom is 0.308 e. The smallest absolute Gasteiger partial charge is 0.308 e. The van der Waals surface area contributed by atoms with Crippen LogP contribution in [0.3, 0.4) is 0 Å². The van der Waals surface area contributed by atoms with Crippen molar-refractivity contribution < 1.29 is 24.1 Å². The molecule has 0 fully saturated rings. The summed E-state index contributed by atoms with van der Waals surface area (Å²) < 4.78 is 18.5. The van der Waals surface area contributed by atoms with Gasteiger partial charge < -0.3 is 25.2 Å². The molecule has 0 radical (unpaired) electrons. The number of aliphatic hydroxyl groups excluding tert-OH is 2. The van der Waals surface area contributed by atoms with Gasteiger partial charge in [0.1, 0.15) is 12.0 Å². The van der Waals surface area contributed by atoms with E-state index in [4.69, 9.17) is 4.74 Å². The van der Waals surface area contributed by atoms with Crippen molar-refractivity contribution in [3.05, 3.63) is 78.0 Å². The van der Waals surface area contributed by atoms with Gasteiger partial charge >= 0.3 is 5.97 Å². The van der Waals surface area contributed by atoms with Crippen LogP contribution < -0.4 is 5.32 Å². The van der Waals surface area contributed by atoms with Gasteiger partial charge in [0.05, 0.1) is 36.6 Å². The number of ether oxygens (including phenoxy) is 1. The molecule has 1 aromatic heterocycles. The highest BCUT2D eigenvalue weighted by atomic mass is 19.1. The quantitative estimate of drug-likeness (QED) is 0.466. The van der Waals surface area contributed by atoms with Crippen molar-refractivity contribution in [1.82, 2.24) is 15.2 Å². The zero-order valence-corrected chi connectivity index (χ0v) is 20.6. The Morgan fingerprint density at radius 1 is 1.17 bits per heavy atom. The van der Waals surface area contributed by atoms with Gasteiger partial charge in [0, 0.05) is 41.6 Å². The number of carbonyl (C=O) groups is 1. The number of benzene rings is 1. The van der Waals surface area contributed by atoms with Gasteiger partial charge in [0.25, 0.3) is 0 Å². The molecule has 2 heterocycles.